The van der Waals surface area contributed by atoms with Crippen molar-refractivity contribution >= 4 is 23.6 Å². The van der Waals surface area contributed by atoms with Gasteiger partial charge in [-0.25, -0.2) is 0 Å². The molecule has 0 aliphatic rings. The zero-order valence-corrected chi connectivity index (χ0v) is 27.2. The Morgan fingerprint density at radius 3 is 2.15 bits per heavy atom. The van der Waals surface area contributed by atoms with Gasteiger partial charge in [0.1, 0.15) is 29.2 Å². The minimum atomic E-state index is -1.24. The van der Waals surface area contributed by atoms with E-state index in [9.17, 15) is 24.3 Å². The normalized spacial score (nSPS) is 11.0. The highest BCUT2D eigenvalue weighted by Crippen LogP contribution is 2.10. The number of hydrogen-bond donors (Lipinski definition) is 4. The van der Waals surface area contributed by atoms with Crippen molar-refractivity contribution in [2.45, 2.75) is 46.4 Å². The molecule has 0 saturated heterocycles. The van der Waals surface area contributed by atoms with Crippen LogP contribution in [0.25, 0.3) is 0 Å². The van der Waals surface area contributed by atoms with E-state index in [1.54, 1.807) is 34.2 Å². The maximum Gasteiger partial charge on any atom is 0.274 e. The molecule has 0 bridgehead atoms. The summed E-state index contributed by atoms with van der Waals surface area (Å²) in [4.78, 5) is 48.3. The lowest BCUT2D eigenvalue weighted by atomic mass is 10.1. The molecule has 3 aromatic rings. The van der Waals surface area contributed by atoms with Crippen molar-refractivity contribution in [3.8, 4) is 11.8 Å². The lowest BCUT2D eigenvalue weighted by Crippen LogP contribution is -2.53. The van der Waals surface area contributed by atoms with Gasteiger partial charge < -0.3 is 35.2 Å². The van der Waals surface area contributed by atoms with Crippen LogP contribution in [0.4, 0.5) is 0 Å². The summed E-state index contributed by atoms with van der Waals surface area (Å²) in [6.45, 7) is 10.3. The van der Waals surface area contributed by atoms with Gasteiger partial charge in [0.15, 0.2) is 5.69 Å². The molecule has 4 N–H and O–H groups in total. The van der Waals surface area contributed by atoms with Gasteiger partial charge in [-0.1, -0.05) is 53.7 Å². The molecule has 0 aliphatic carbocycles. The number of carbonyl (C=O) groups excluding carboxylic acids is 4. The third kappa shape index (κ3) is 14.3. The smallest absolute Gasteiger partial charge is 0.274 e. The van der Waals surface area contributed by atoms with Crippen LogP contribution in [0, 0.1) is 32.1 Å². The number of hydrogen-bond acceptors (Lipinski definition) is 9. The number of likely N-dealkylation sites (N-methyl/N-ethyl adjacent to an activating group) is 1. The third-order valence-electron chi connectivity index (χ3n) is 5.97. The van der Waals surface area contributed by atoms with E-state index >= 15 is 0 Å². The van der Waals surface area contributed by atoms with Gasteiger partial charge in [0.2, 0.25) is 11.8 Å². The molecule has 0 saturated carbocycles. The van der Waals surface area contributed by atoms with Crippen LogP contribution < -0.4 is 20.7 Å². The highest BCUT2D eigenvalue weighted by Gasteiger charge is 2.27. The molecule has 13 nitrogen and oxygen atoms in total. The predicted octanol–water partition coefficient (Wildman–Crippen LogP) is 2.36. The van der Waals surface area contributed by atoms with Crippen LogP contribution >= 0.6 is 0 Å². The number of aromatic nitrogens is 1. The van der Waals surface area contributed by atoms with Crippen LogP contribution in [0.1, 0.15) is 39.9 Å². The maximum absolute atomic E-state index is 12.3. The summed E-state index contributed by atoms with van der Waals surface area (Å²) >= 11 is 0. The largest absolute Gasteiger partial charge is 0.497 e. The van der Waals surface area contributed by atoms with Crippen LogP contribution in [-0.4, -0.2) is 78.7 Å². The molecule has 0 unspecified atom stereocenters. The number of benzene rings is 2. The molecule has 1 heterocycles. The second kappa shape index (κ2) is 19.7. The molecular weight excluding hydrogens is 592 g/mol. The maximum atomic E-state index is 12.3. The van der Waals surface area contributed by atoms with Crippen LogP contribution in [0.2, 0.25) is 0 Å². The van der Waals surface area contributed by atoms with E-state index in [4.69, 9.17) is 14.5 Å². The number of nitrogens with zero attached hydrogens (tertiary/aromatic N) is 3. The topological polar surface area (TPSA) is 187 Å². The number of amides is 4. The summed E-state index contributed by atoms with van der Waals surface area (Å²) in [7, 11) is 4.82. The molecule has 0 fully saturated rings. The van der Waals surface area contributed by atoms with Crippen molar-refractivity contribution < 1.29 is 33.5 Å². The molecule has 2 aromatic carbocycles. The number of nitriles is 1. The van der Waals surface area contributed by atoms with Crippen molar-refractivity contribution in [1.29, 1.82) is 5.26 Å². The molecule has 2 atom stereocenters. The lowest BCUT2D eigenvalue weighted by Gasteiger charge is -2.20. The highest BCUT2D eigenvalue weighted by molar-refractivity contribution is 5.97. The summed E-state index contributed by atoms with van der Waals surface area (Å²) < 4.78 is 9.81. The first-order valence-corrected chi connectivity index (χ1v) is 14.1. The molecule has 3 rings (SSSR count). The van der Waals surface area contributed by atoms with Crippen molar-refractivity contribution in [2.24, 2.45) is 0 Å². The summed E-state index contributed by atoms with van der Waals surface area (Å²) in [5.41, 5.74) is 3.25. The van der Waals surface area contributed by atoms with Crippen molar-refractivity contribution in [1.82, 2.24) is 26.0 Å². The number of methoxy groups -OCH3 is 1. The number of aliphatic hydroxyl groups is 1. The Morgan fingerprint density at radius 2 is 1.70 bits per heavy atom. The Kier molecular flexibility index (Phi) is 16.5. The van der Waals surface area contributed by atoms with Gasteiger partial charge in [-0.05, 0) is 51.0 Å². The molecule has 46 heavy (non-hydrogen) atoms. The van der Waals surface area contributed by atoms with Gasteiger partial charge in [-0.3, -0.25) is 19.2 Å². The van der Waals surface area contributed by atoms with E-state index in [-0.39, 0.29) is 23.7 Å². The summed E-state index contributed by atoms with van der Waals surface area (Å²) in [6, 6.07) is 17.5. The average molecular weight is 635 g/mol. The molecule has 0 radical (unpaired) electrons. The Labute approximate surface area is 269 Å². The number of ether oxygens (including phenoxy) is 1. The fourth-order valence-electron chi connectivity index (χ4n) is 3.40. The highest BCUT2D eigenvalue weighted by atomic mass is 16.5. The second-order valence-electron chi connectivity index (χ2n) is 10.3. The van der Waals surface area contributed by atoms with Crippen LogP contribution in [0.15, 0.2) is 71.3 Å². The van der Waals surface area contributed by atoms with E-state index in [1.807, 2.05) is 62.4 Å². The Bertz CT molecular complexity index is 1510. The van der Waals surface area contributed by atoms with Gasteiger partial charge in [0.05, 0.1) is 19.8 Å². The molecular formula is C33H42N6O7. The van der Waals surface area contributed by atoms with Gasteiger partial charge in [-0.15, -0.1) is 0 Å². The molecule has 1 aromatic heterocycles. The molecule has 4 amide bonds. The van der Waals surface area contributed by atoms with E-state index in [0.29, 0.717) is 12.3 Å². The van der Waals surface area contributed by atoms with Gasteiger partial charge in [0, 0.05) is 26.7 Å². The van der Waals surface area contributed by atoms with Gasteiger partial charge >= 0.3 is 0 Å². The van der Waals surface area contributed by atoms with E-state index in [2.05, 4.69) is 27.7 Å². The molecule has 0 aliphatic heterocycles. The summed E-state index contributed by atoms with van der Waals surface area (Å²) in [5, 5.41) is 29.0. The van der Waals surface area contributed by atoms with E-state index in [1.165, 1.54) is 23.5 Å². The minimum absolute atomic E-state index is 0.00760. The van der Waals surface area contributed by atoms with Gasteiger partial charge in [-0.2, -0.15) is 5.26 Å². The zero-order valence-electron chi connectivity index (χ0n) is 27.2. The fraction of sp³-hybridized carbons (Fsp3) is 0.333. The zero-order chi connectivity index (χ0) is 34.8. The molecule has 0 spiro atoms. The van der Waals surface area contributed by atoms with Crippen molar-refractivity contribution in [3.63, 3.8) is 0 Å². The Hall–Kier alpha value is -5.48. The Balaban J connectivity index is 0.000000476. The summed E-state index contributed by atoms with van der Waals surface area (Å²) in [6.07, 6.45) is -1.17. The van der Waals surface area contributed by atoms with Crippen LogP contribution in [0.5, 0.6) is 5.75 Å². The first-order chi connectivity index (χ1) is 21.7. The standard InChI is InChI=1S/C19H24N4O5.C8H10O.C6H8N2O/c1-11-4-6-14(7-5-11)9-20-16(25)10-21-19(27)17(13(3)24)22-18(26)15-8-12(2)28-23-15;1-7-4-3-5-8(6-7)9-2;1-5(4-7)6(9)8(2)3/h4-8,13,17,24H,9-10H2,1-3H3,(H,20,25)(H,21,27)(H,22,26);3-6H,1-2H3;1H2,2-3H3/t13-,17+;;/m1../s1. The number of rotatable bonds is 10. The first-order valence-electron chi connectivity index (χ1n) is 14.1. The van der Waals surface area contributed by atoms with Crippen molar-refractivity contribution in [2.75, 3.05) is 27.7 Å². The quantitative estimate of drug-likeness (QED) is 0.192. The Morgan fingerprint density at radius 1 is 1.04 bits per heavy atom. The van der Waals surface area contributed by atoms with Gasteiger partial charge in [0.25, 0.3) is 11.8 Å². The second-order valence-corrected chi connectivity index (χ2v) is 10.3. The molecule has 246 valence electrons. The van der Waals surface area contributed by atoms with Crippen molar-refractivity contribution in [3.05, 3.63) is 94.9 Å². The fourth-order valence-corrected chi connectivity index (χ4v) is 3.40. The number of aliphatic hydroxyl groups excluding tert-OH is 1. The average Bonchev–Trinajstić information content (AvgIpc) is 3.48. The first kappa shape index (κ1) is 38.5. The number of carbonyl (C=O) groups is 4. The van der Waals surface area contributed by atoms with Crippen LogP contribution in [-0.2, 0) is 20.9 Å². The third-order valence-corrected chi connectivity index (χ3v) is 5.97. The van der Waals surface area contributed by atoms with E-state index in [0.717, 1.165) is 16.9 Å². The molecule has 13 heteroatoms. The SMILES string of the molecule is C=C(C#N)C(=O)N(C)C.COc1cccc(C)c1.Cc1ccc(CNC(=O)CNC(=O)[C@@H](NC(=O)c2cc(C)on2)[C@@H](C)O)cc1. The lowest BCUT2D eigenvalue weighted by molar-refractivity contribution is -0.128. The van der Waals surface area contributed by atoms with E-state index < -0.39 is 29.9 Å². The monoisotopic (exact) mass is 634 g/mol. The number of aryl methyl sites for hydroxylation is 3. The number of nitrogens with one attached hydrogen (secondary N) is 3. The summed E-state index contributed by atoms with van der Waals surface area (Å²) in [5.74, 6) is -0.714. The minimum Gasteiger partial charge on any atom is -0.497 e. The predicted molar refractivity (Wildman–Crippen MR) is 171 cm³/mol. The van der Waals surface area contributed by atoms with Crippen LogP contribution in [0.3, 0.4) is 0 Å².